The van der Waals surface area contributed by atoms with Gasteiger partial charge in [0.25, 0.3) is 0 Å². The minimum Gasteiger partial charge on any atom is -0.455 e. The van der Waals surface area contributed by atoms with Gasteiger partial charge in [-0.3, -0.25) is 15.0 Å². The van der Waals surface area contributed by atoms with Crippen molar-refractivity contribution in [3.63, 3.8) is 0 Å². The fraction of sp³-hybridized carbons (Fsp3) is 0.0635. The van der Waals surface area contributed by atoms with Gasteiger partial charge in [0, 0.05) is 79.8 Å². The van der Waals surface area contributed by atoms with Gasteiger partial charge in [0.05, 0.1) is 34.2 Å². The molecule has 1 aliphatic heterocycles. The zero-order chi connectivity index (χ0) is 45.4. The lowest BCUT2D eigenvalue weighted by Gasteiger charge is -2.31. The lowest BCUT2D eigenvalue weighted by Crippen LogP contribution is -2.29. The predicted octanol–water partition coefficient (Wildman–Crippen LogP) is 15.8. The molecule has 0 bridgehead atoms. The lowest BCUT2D eigenvalue weighted by molar-refractivity contribution is 0.669. The summed E-state index contributed by atoms with van der Waals surface area (Å²) < 4.78 is 9.31. The number of hydrogen-bond donors (Lipinski definition) is 0. The second-order valence-corrected chi connectivity index (χ2v) is 18.2. The number of anilines is 2. The second kappa shape index (κ2) is 15.9. The second-order valence-electron chi connectivity index (χ2n) is 18.2. The highest BCUT2D eigenvalue weighted by Gasteiger charge is 2.39. The number of pyridine rings is 3. The highest BCUT2D eigenvalue weighted by Crippen LogP contribution is 2.52. The molecule has 0 amide bonds. The van der Waals surface area contributed by atoms with Crippen LogP contribution < -0.4 is 4.90 Å². The summed E-state index contributed by atoms with van der Waals surface area (Å²) in [5, 5.41) is 4.50. The number of rotatable bonds is 7. The largest absolute Gasteiger partial charge is 0.455 e. The van der Waals surface area contributed by atoms with Gasteiger partial charge in [0.15, 0.2) is 0 Å². The Labute approximate surface area is 399 Å². The van der Waals surface area contributed by atoms with Crippen LogP contribution in [0.1, 0.15) is 30.0 Å². The topological polar surface area (TPSA) is 60.0 Å². The summed E-state index contributed by atoms with van der Waals surface area (Å²) in [6.45, 7) is 0. The summed E-state index contributed by atoms with van der Waals surface area (Å²) in [6, 6.07) is 62.8. The maximum atomic E-state index is 6.91. The van der Waals surface area contributed by atoms with Crippen molar-refractivity contribution in [1.82, 2.24) is 19.5 Å². The summed E-state index contributed by atoms with van der Waals surface area (Å²) >= 11 is 0. The van der Waals surface area contributed by atoms with Gasteiger partial charge in [0.1, 0.15) is 11.2 Å². The Kier molecular flexibility index (Phi) is 9.05. The van der Waals surface area contributed by atoms with Gasteiger partial charge in [0.2, 0.25) is 0 Å². The molecule has 0 fully saturated rings. The third-order valence-electron chi connectivity index (χ3n) is 14.4. The Morgan fingerprint density at radius 3 is 2.06 bits per heavy atom. The highest BCUT2D eigenvalue weighted by molar-refractivity contribution is 6.14. The maximum absolute atomic E-state index is 6.91. The zero-order valence-corrected chi connectivity index (χ0v) is 37.6. The number of hydrogen-bond acceptors (Lipinski definition) is 5. The standard InChI is InChI=1S/C63H43N5O/c1-3-17-46(55-21-9-12-32-64-55)44(15-1)40-26-29-60-50(35-40)48-19-5-7-24-58(48)67(60)42-28-31-62-52(37-42)53-38-43(39-54(63(53)69-62)57-23-11-14-34-66-57)68-59-25-8-6-20-49(59)51-36-41(27-30-61(51)68)45-16-2-4-18-47(45)56-22-10-13-33-65-56/h1,3-15,17-39,51,61H,2,16H2. The molecule has 0 saturated carbocycles. The fourth-order valence-corrected chi connectivity index (χ4v) is 11.3. The van der Waals surface area contributed by atoms with Crippen LogP contribution in [0.4, 0.5) is 11.4 Å². The molecule has 6 heteroatoms. The first-order valence-corrected chi connectivity index (χ1v) is 23.8. The van der Waals surface area contributed by atoms with Crippen molar-refractivity contribution in [2.24, 2.45) is 0 Å². The van der Waals surface area contributed by atoms with Gasteiger partial charge >= 0.3 is 0 Å². The van der Waals surface area contributed by atoms with Gasteiger partial charge in [-0.25, -0.2) is 0 Å². The molecule has 326 valence electrons. The SMILES string of the molecule is C1=CC(c2ccccn2)=C(C2=CC3c4ccccc4N(c4cc(-c5ccccn5)c5oc6ccc(-n7c8ccccc8c8cc(-c9ccccc9-c9ccccn9)ccc87)cc6c5c4)C3C=C2)CC1. The van der Waals surface area contributed by atoms with Crippen molar-refractivity contribution >= 4 is 60.7 Å². The molecule has 6 aromatic carbocycles. The third-order valence-corrected chi connectivity index (χ3v) is 14.4. The maximum Gasteiger partial charge on any atom is 0.144 e. The molecule has 0 spiro atoms. The number of para-hydroxylation sites is 2. The van der Waals surface area contributed by atoms with Crippen LogP contribution in [0.25, 0.3) is 88.6 Å². The summed E-state index contributed by atoms with van der Waals surface area (Å²) in [6.07, 6.45) is 19.4. The van der Waals surface area contributed by atoms with E-state index in [9.17, 15) is 0 Å². The van der Waals surface area contributed by atoms with Crippen LogP contribution in [-0.4, -0.2) is 25.6 Å². The minimum atomic E-state index is 0.0744. The number of furan rings is 1. The lowest BCUT2D eigenvalue weighted by atomic mass is 9.82. The van der Waals surface area contributed by atoms with Gasteiger partial charge < -0.3 is 13.9 Å². The van der Waals surface area contributed by atoms with Crippen LogP contribution in [0, 0.1) is 0 Å². The number of nitrogens with zero attached hydrogens (tertiary/aromatic N) is 5. The molecule has 69 heavy (non-hydrogen) atoms. The number of benzene rings is 6. The smallest absolute Gasteiger partial charge is 0.144 e. The van der Waals surface area contributed by atoms with Gasteiger partial charge in [-0.05, 0) is 132 Å². The van der Waals surface area contributed by atoms with E-state index in [1.807, 2.05) is 42.9 Å². The molecule has 5 aromatic heterocycles. The molecule has 14 rings (SSSR count). The third kappa shape index (κ3) is 6.36. The Hall–Kier alpha value is -8.87. The Morgan fingerprint density at radius 2 is 1.23 bits per heavy atom. The van der Waals surface area contributed by atoms with E-state index in [0.29, 0.717) is 0 Å². The van der Waals surface area contributed by atoms with Gasteiger partial charge in [-0.1, -0.05) is 115 Å². The Balaban J connectivity index is 0.922. The predicted molar refractivity (Wildman–Crippen MR) is 282 cm³/mol. The van der Waals surface area contributed by atoms with E-state index in [4.69, 9.17) is 19.4 Å². The summed E-state index contributed by atoms with van der Waals surface area (Å²) in [5.74, 6) is 0.158. The normalized spacial score (nSPS) is 16.5. The number of allylic oxidation sites excluding steroid dienone is 6. The number of aromatic nitrogens is 4. The van der Waals surface area contributed by atoms with Gasteiger partial charge in [-0.15, -0.1) is 0 Å². The first-order valence-electron chi connectivity index (χ1n) is 23.8. The van der Waals surface area contributed by atoms with Crippen LogP contribution in [0.2, 0.25) is 0 Å². The van der Waals surface area contributed by atoms with Crippen molar-refractivity contribution in [3.05, 3.63) is 247 Å². The Bertz CT molecular complexity index is 3970. The van der Waals surface area contributed by atoms with Crippen molar-refractivity contribution in [2.45, 2.75) is 24.8 Å². The van der Waals surface area contributed by atoms with E-state index in [2.05, 4.69) is 192 Å². The molecular weight excluding hydrogens is 843 g/mol. The van der Waals surface area contributed by atoms with E-state index in [1.54, 1.807) is 0 Å². The molecule has 3 aliphatic rings. The zero-order valence-electron chi connectivity index (χ0n) is 37.6. The first-order chi connectivity index (χ1) is 34.2. The molecule has 6 heterocycles. The van der Waals surface area contributed by atoms with Crippen molar-refractivity contribution in [1.29, 1.82) is 0 Å². The molecule has 2 unspecified atom stereocenters. The highest BCUT2D eigenvalue weighted by atomic mass is 16.3. The molecule has 6 nitrogen and oxygen atoms in total. The molecule has 11 aromatic rings. The number of fused-ring (bicyclic) bond motifs is 9. The molecule has 0 N–H and O–H groups in total. The van der Waals surface area contributed by atoms with E-state index in [0.717, 1.165) is 96.5 Å². The van der Waals surface area contributed by atoms with Crippen LogP contribution in [-0.2, 0) is 0 Å². The monoisotopic (exact) mass is 885 g/mol. The van der Waals surface area contributed by atoms with Gasteiger partial charge in [-0.2, -0.15) is 0 Å². The summed E-state index contributed by atoms with van der Waals surface area (Å²) in [7, 11) is 0. The van der Waals surface area contributed by atoms with E-state index < -0.39 is 0 Å². The van der Waals surface area contributed by atoms with E-state index in [-0.39, 0.29) is 12.0 Å². The fourth-order valence-electron chi connectivity index (χ4n) is 11.3. The summed E-state index contributed by atoms with van der Waals surface area (Å²) in [5.41, 5.74) is 19.7. The van der Waals surface area contributed by atoms with Crippen LogP contribution >= 0.6 is 0 Å². The molecular formula is C63H43N5O. The molecule has 0 radical (unpaired) electrons. The van der Waals surface area contributed by atoms with Crippen LogP contribution in [0.3, 0.4) is 0 Å². The molecule has 2 aliphatic carbocycles. The van der Waals surface area contributed by atoms with Crippen molar-refractivity contribution < 1.29 is 4.42 Å². The molecule has 2 atom stereocenters. The van der Waals surface area contributed by atoms with E-state index in [1.165, 1.54) is 38.7 Å². The van der Waals surface area contributed by atoms with Crippen molar-refractivity contribution in [3.8, 4) is 39.3 Å². The van der Waals surface area contributed by atoms with E-state index >= 15 is 0 Å². The quantitative estimate of drug-likeness (QED) is 0.160. The van der Waals surface area contributed by atoms with Crippen LogP contribution in [0.5, 0.6) is 0 Å². The summed E-state index contributed by atoms with van der Waals surface area (Å²) in [4.78, 5) is 16.9. The minimum absolute atomic E-state index is 0.0744. The molecule has 0 saturated heterocycles. The Morgan fingerprint density at radius 1 is 0.522 bits per heavy atom. The average molecular weight is 886 g/mol. The van der Waals surface area contributed by atoms with Crippen LogP contribution in [0.15, 0.2) is 240 Å². The first kappa shape index (κ1) is 39.3. The average Bonchev–Trinajstić information content (AvgIpc) is 4.08. The van der Waals surface area contributed by atoms with Crippen molar-refractivity contribution in [2.75, 3.05) is 4.90 Å².